The molecule has 29 heavy (non-hydrogen) atoms. The van der Waals surface area contributed by atoms with Crippen LogP contribution in [0.3, 0.4) is 0 Å². The van der Waals surface area contributed by atoms with E-state index in [1.807, 2.05) is 24.3 Å². The van der Waals surface area contributed by atoms with Crippen LogP contribution in [0, 0.1) is 5.92 Å². The molecule has 5 rings (SSSR count). The topological polar surface area (TPSA) is 102 Å². The van der Waals surface area contributed by atoms with E-state index in [0.717, 1.165) is 29.3 Å². The lowest BCUT2D eigenvalue weighted by Gasteiger charge is -2.28. The van der Waals surface area contributed by atoms with Crippen molar-refractivity contribution in [3.8, 4) is 0 Å². The van der Waals surface area contributed by atoms with Gasteiger partial charge in [0.25, 0.3) is 0 Å². The molecule has 3 heterocycles. The fourth-order valence-corrected chi connectivity index (χ4v) is 3.77. The molecular weight excluding hydrogens is 366 g/mol. The normalized spacial score (nSPS) is 19.1. The van der Waals surface area contributed by atoms with Gasteiger partial charge in [0.15, 0.2) is 5.65 Å². The van der Waals surface area contributed by atoms with Crippen LogP contribution in [-0.4, -0.2) is 47.7 Å². The van der Waals surface area contributed by atoms with E-state index in [4.69, 9.17) is 4.98 Å². The van der Waals surface area contributed by atoms with Crippen LogP contribution in [0.15, 0.2) is 54.9 Å². The molecule has 1 aliphatic rings. The zero-order valence-electron chi connectivity index (χ0n) is 15.8. The Morgan fingerprint density at radius 1 is 1.14 bits per heavy atom. The van der Waals surface area contributed by atoms with Crippen molar-refractivity contribution in [1.82, 2.24) is 29.9 Å². The molecule has 0 radical (unpaired) electrons. The van der Waals surface area contributed by atoms with Gasteiger partial charge in [0, 0.05) is 30.1 Å². The molecule has 0 fully saturated rings. The molecule has 2 atom stereocenters. The highest BCUT2D eigenvalue weighted by Crippen LogP contribution is 2.22. The molecule has 0 saturated carbocycles. The summed E-state index contributed by atoms with van der Waals surface area (Å²) in [6.07, 6.45) is 9.44. The van der Waals surface area contributed by atoms with Crippen molar-refractivity contribution < 1.29 is 5.11 Å². The van der Waals surface area contributed by atoms with Crippen LogP contribution in [0.5, 0.6) is 0 Å². The molecule has 0 saturated heterocycles. The van der Waals surface area contributed by atoms with Gasteiger partial charge in [-0.3, -0.25) is 4.98 Å². The number of aliphatic hydroxyl groups excluding tert-OH is 1. The van der Waals surface area contributed by atoms with E-state index >= 15 is 0 Å². The first-order valence-electron chi connectivity index (χ1n) is 9.72. The van der Waals surface area contributed by atoms with Crippen molar-refractivity contribution in [2.75, 3.05) is 11.9 Å². The van der Waals surface area contributed by atoms with Crippen LogP contribution in [0.4, 0.5) is 5.82 Å². The van der Waals surface area contributed by atoms with Gasteiger partial charge in [-0.1, -0.05) is 29.5 Å². The van der Waals surface area contributed by atoms with Crippen LogP contribution >= 0.6 is 0 Å². The van der Waals surface area contributed by atoms with Gasteiger partial charge >= 0.3 is 0 Å². The predicted octanol–water partition coefficient (Wildman–Crippen LogP) is 2.56. The number of fused-ring (bicyclic) bond motifs is 2. The Labute approximate surface area is 167 Å². The predicted molar refractivity (Wildman–Crippen MR) is 110 cm³/mol. The summed E-state index contributed by atoms with van der Waals surface area (Å²) in [5.74, 6) is 0.842. The summed E-state index contributed by atoms with van der Waals surface area (Å²) in [7, 11) is 0. The molecule has 0 bridgehead atoms. The Morgan fingerprint density at radius 3 is 3.00 bits per heavy atom. The Hall–Kier alpha value is -3.39. The number of hydrogen-bond donors (Lipinski definition) is 2. The number of nitrogens with one attached hydrogen (secondary N) is 1. The number of nitrogens with zero attached hydrogens (tertiary/aromatic N) is 6. The highest BCUT2D eigenvalue weighted by molar-refractivity contribution is 5.79. The first kappa shape index (κ1) is 17.7. The number of anilines is 1. The van der Waals surface area contributed by atoms with Crippen LogP contribution in [0.1, 0.15) is 18.4 Å². The average molecular weight is 387 g/mol. The SMILES string of the molecule is OC[C@H]1CC=CC[C@@H]1Nc1cnc2nnn(Cc3ccc4ncccc4c3)c2n1. The summed E-state index contributed by atoms with van der Waals surface area (Å²) in [4.78, 5) is 13.5. The lowest BCUT2D eigenvalue weighted by molar-refractivity contribution is 0.207. The molecule has 146 valence electrons. The maximum atomic E-state index is 9.62. The number of hydrogen-bond acceptors (Lipinski definition) is 7. The number of allylic oxidation sites excluding steroid dienone is 1. The number of aromatic nitrogens is 6. The fraction of sp³-hybridized carbons (Fsp3) is 0.286. The maximum absolute atomic E-state index is 9.62. The third kappa shape index (κ3) is 3.54. The molecule has 0 spiro atoms. The minimum absolute atomic E-state index is 0.133. The van der Waals surface area contributed by atoms with Gasteiger partial charge < -0.3 is 10.4 Å². The first-order valence-corrected chi connectivity index (χ1v) is 9.72. The summed E-state index contributed by atoms with van der Waals surface area (Å²) in [5, 5.41) is 22.5. The first-order chi connectivity index (χ1) is 14.3. The number of pyridine rings is 1. The monoisotopic (exact) mass is 387 g/mol. The summed E-state index contributed by atoms with van der Waals surface area (Å²) < 4.78 is 1.76. The van der Waals surface area contributed by atoms with E-state index < -0.39 is 0 Å². The highest BCUT2D eigenvalue weighted by atomic mass is 16.3. The second-order valence-electron chi connectivity index (χ2n) is 7.32. The lowest BCUT2D eigenvalue weighted by Crippen LogP contribution is -2.33. The van der Waals surface area contributed by atoms with Gasteiger partial charge in [0.2, 0.25) is 5.65 Å². The van der Waals surface area contributed by atoms with Gasteiger partial charge in [-0.25, -0.2) is 14.6 Å². The van der Waals surface area contributed by atoms with Gasteiger partial charge in [-0.15, -0.1) is 5.10 Å². The van der Waals surface area contributed by atoms with E-state index in [9.17, 15) is 5.11 Å². The summed E-state index contributed by atoms with van der Waals surface area (Å²) in [6.45, 7) is 0.693. The van der Waals surface area contributed by atoms with Crippen LogP contribution in [-0.2, 0) is 6.54 Å². The third-order valence-electron chi connectivity index (χ3n) is 5.36. The van der Waals surface area contributed by atoms with Gasteiger partial charge in [-0.05, 0) is 36.6 Å². The van der Waals surface area contributed by atoms with Crippen molar-refractivity contribution in [3.63, 3.8) is 0 Å². The third-order valence-corrected chi connectivity index (χ3v) is 5.36. The molecule has 1 aliphatic carbocycles. The summed E-state index contributed by atoms with van der Waals surface area (Å²) in [6, 6.07) is 10.3. The van der Waals surface area contributed by atoms with Crippen LogP contribution in [0.25, 0.3) is 22.2 Å². The quantitative estimate of drug-likeness (QED) is 0.508. The second kappa shape index (κ2) is 7.56. The van der Waals surface area contributed by atoms with E-state index in [1.54, 1.807) is 17.1 Å². The van der Waals surface area contributed by atoms with Gasteiger partial charge in [-0.2, -0.15) is 0 Å². The second-order valence-corrected chi connectivity index (χ2v) is 7.32. The van der Waals surface area contributed by atoms with E-state index in [2.05, 4.69) is 43.8 Å². The Balaban J connectivity index is 1.42. The minimum atomic E-state index is 0.133. The molecule has 0 aliphatic heterocycles. The molecule has 1 aromatic carbocycles. The Bertz CT molecular complexity index is 1190. The zero-order chi connectivity index (χ0) is 19.6. The molecule has 8 heteroatoms. The lowest BCUT2D eigenvalue weighted by atomic mass is 9.90. The largest absolute Gasteiger partial charge is 0.396 e. The number of benzene rings is 1. The average Bonchev–Trinajstić information content (AvgIpc) is 3.16. The Kier molecular flexibility index (Phi) is 4.61. The van der Waals surface area contributed by atoms with Crippen LogP contribution in [0.2, 0.25) is 0 Å². The van der Waals surface area contributed by atoms with Crippen molar-refractivity contribution in [1.29, 1.82) is 0 Å². The zero-order valence-corrected chi connectivity index (χ0v) is 15.8. The van der Waals surface area contributed by atoms with Crippen LogP contribution < -0.4 is 5.32 Å². The van der Waals surface area contributed by atoms with Crippen molar-refractivity contribution in [2.24, 2.45) is 5.92 Å². The maximum Gasteiger partial charge on any atom is 0.221 e. The molecule has 0 unspecified atom stereocenters. The standard InChI is InChI=1S/C21H21N7O/c29-13-16-4-1-2-6-18(16)24-19-11-23-20-21(25-19)28(27-26-20)12-14-7-8-17-15(10-14)5-3-9-22-17/h1-3,5,7-11,16,18,29H,4,6,12-13H2,(H,24,25)/t16-,18+/m1/s1. The summed E-state index contributed by atoms with van der Waals surface area (Å²) >= 11 is 0. The van der Waals surface area contributed by atoms with Crippen molar-refractivity contribution in [2.45, 2.75) is 25.4 Å². The van der Waals surface area contributed by atoms with E-state index in [1.165, 1.54) is 0 Å². The highest BCUT2D eigenvalue weighted by Gasteiger charge is 2.22. The smallest absolute Gasteiger partial charge is 0.221 e. The number of rotatable bonds is 5. The molecule has 2 N–H and O–H groups in total. The van der Waals surface area contributed by atoms with Gasteiger partial charge in [0.05, 0.1) is 18.3 Å². The molecule has 4 aromatic rings. The van der Waals surface area contributed by atoms with E-state index in [-0.39, 0.29) is 18.6 Å². The van der Waals surface area contributed by atoms with Gasteiger partial charge in [0.1, 0.15) is 5.82 Å². The van der Waals surface area contributed by atoms with Crippen molar-refractivity contribution in [3.05, 3.63) is 60.4 Å². The molecule has 8 nitrogen and oxygen atoms in total. The number of aliphatic hydroxyl groups is 1. The molecule has 0 amide bonds. The Morgan fingerprint density at radius 2 is 2.07 bits per heavy atom. The minimum Gasteiger partial charge on any atom is -0.396 e. The fourth-order valence-electron chi connectivity index (χ4n) is 3.77. The molecule has 3 aromatic heterocycles. The van der Waals surface area contributed by atoms with Crippen molar-refractivity contribution >= 4 is 28.0 Å². The summed E-state index contributed by atoms with van der Waals surface area (Å²) in [5.41, 5.74) is 3.20. The molecular formula is C21H21N7O. The van der Waals surface area contributed by atoms with E-state index in [0.29, 0.717) is 23.7 Å².